The molecule has 0 aliphatic carbocycles. The van der Waals surface area contributed by atoms with Gasteiger partial charge in [-0.2, -0.15) is 4.31 Å². The van der Waals surface area contributed by atoms with E-state index in [1.807, 2.05) is 24.3 Å². The Balaban J connectivity index is 1.80. The first kappa shape index (κ1) is 21.5. The van der Waals surface area contributed by atoms with E-state index in [2.05, 4.69) is 45.0 Å². The molecule has 0 saturated carbocycles. The minimum Gasteiger partial charge on any atom is -0.289 e. The van der Waals surface area contributed by atoms with E-state index < -0.39 is 22.0 Å². The number of nitrogens with one attached hydrogen (secondary N) is 1. The van der Waals surface area contributed by atoms with E-state index in [1.54, 1.807) is 5.48 Å². The third-order valence-corrected chi connectivity index (χ3v) is 7.28. The number of nitrogens with zero attached hydrogens (tertiary/aromatic N) is 1. The Kier molecular flexibility index (Phi) is 6.12. The van der Waals surface area contributed by atoms with Gasteiger partial charge in [0.05, 0.1) is 5.75 Å². The van der Waals surface area contributed by atoms with Crippen molar-refractivity contribution in [3.8, 4) is 11.1 Å². The van der Waals surface area contributed by atoms with Crippen LogP contribution in [-0.2, 0) is 26.8 Å². The number of hydroxylamine groups is 1. The van der Waals surface area contributed by atoms with Crippen molar-refractivity contribution in [3.63, 3.8) is 0 Å². The lowest BCUT2D eigenvalue weighted by atomic mass is 9.86. The normalized spacial score (nSPS) is 19.7. The van der Waals surface area contributed by atoms with E-state index in [9.17, 15) is 13.2 Å². The summed E-state index contributed by atoms with van der Waals surface area (Å²) in [5.74, 6) is -0.677. The molecule has 6 nitrogen and oxygen atoms in total. The molecule has 1 heterocycles. The van der Waals surface area contributed by atoms with E-state index in [0.29, 0.717) is 12.8 Å². The fourth-order valence-corrected chi connectivity index (χ4v) is 5.30. The minimum atomic E-state index is -3.55. The predicted octanol–water partition coefficient (Wildman–Crippen LogP) is 3.45. The largest absolute Gasteiger partial charge is 0.289 e. The second-order valence-corrected chi connectivity index (χ2v) is 10.6. The fraction of sp³-hybridized carbons (Fsp3) is 0.409. The molecule has 29 heavy (non-hydrogen) atoms. The van der Waals surface area contributed by atoms with Gasteiger partial charge in [0, 0.05) is 6.54 Å². The minimum absolute atomic E-state index is 0.0143. The monoisotopic (exact) mass is 416 g/mol. The third kappa shape index (κ3) is 4.86. The molecule has 2 aromatic carbocycles. The summed E-state index contributed by atoms with van der Waals surface area (Å²) in [7, 11) is -3.55. The Morgan fingerprint density at radius 2 is 1.62 bits per heavy atom. The third-order valence-electron chi connectivity index (χ3n) is 5.37. The topological polar surface area (TPSA) is 86.7 Å². The van der Waals surface area contributed by atoms with Gasteiger partial charge in [0.25, 0.3) is 5.91 Å². The molecule has 3 rings (SSSR count). The van der Waals surface area contributed by atoms with Gasteiger partial charge in [0.1, 0.15) is 6.04 Å². The summed E-state index contributed by atoms with van der Waals surface area (Å²) in [6.07, 6.45) is 0.796. The Hall–Kier alpha value is -2.22. The Morgan fingerprint density at radius 1 is 1.07 bits per heavy atom. The molecule has 1 fully saturated rings. The number of carbonyl (C=O) groups is 1. The zero-order valence-corrected chi connectivity index (χ0v) is 17.9. The van der Waals surface area contributed by atoms with E-state index >= 15 is 0 Å². The summed E-state index contributed by atoms with van der Waals surface area (Å²) in [5.41, 5.74) is 5.88. The van der Waals surface area contributed by atoms with Crippen LogP contribution >= 0.6 is 0 Å². The molecular formula is C22H28N2O4S. The first-order valence-corrected chi connectivity index (χ1v) is 11.4. The molecule has 0 unspecified atom stereocenters. The maximum Gasteiger partial charge on any atom is 0.261 e. The summed E-state index contributed by atoms with van der Waals surface area (Å²) >= 11 is 0. The van der Waals surface area contributed by atoms with E-state index in [0.717, 1.165) is 16.7 Å². The quantitative estimate of drug-likeness (QED) is 0.590. The second kappa shape index (κ2) is 8.26. The Labute approximate surface area is 172 Å². The maximum atomic E-state index is 12.5. The van der Waals surface area contributed by atoms with Gasteiger partial charge in [-0.1, -0.05) is 69.3 Å². The van der Waals surface area contributed by atoms with Crippen LogP contribution in [0, 0.1) is 0 Å². The standard InChI is InChI=1S/C22H28N2O4S/c1-22(2,3)19-12-10-18(11-13-19)17-8-6-16(7-9-17)15-24-20(21(25)23-26)5-4-14-29(24,27)28/h6-13,20,26H,4-5,14-15H2,1-3H3,(H,23,25)/t20-/m0/s1. The summed E-state index contributed by atoms with van der Waals surface area (Å²) in [4.78, 5) is 11.9. The summed E-state index contributed by atoms with van der Waals surface area (Å²) < 4.78 is 26.2. The summed E-state index contributed by atoms with van der Waals surface area (Å²) in [6.45, 7) is 6.63. The van der Waals surface area contributed by atoms with Crippen LogP contribution in [-0.4, -0.2) is 35.6 Å². The van der Waals surface area contributed by atoms with Gasteiger partial charge in [-0.05, 0) is 40.5 Å². The van der Waals surface area contributed by atoms with Crippen LogP contribution in [0.2, 0.25) is 0 Å². The molecule has 1 atom stereocenters. The first-order valence-electron chi connectivity index (χ1n) is 9.75. The number of benzene rings is 2. The first-order chi connectivity index (χ1) is 13.6. The lowest BCUT2D eigenvalue weighted by Crippen LogP contribution is -2.51. The van der Waals surface area contributed by atoms with Crippen molar-refractivity contribution in [3.05, 3.63) is 59.7 Å². The summed E-state index contributed by atoms with van der Waals surface area (Å²) in [6, 6.07) is 15.2. The van der Waals surface area contributed by atoms with Crippen LogP contribution in [0.25, 0.3) is 11.1 Å². The Morgan fingerprint density at radius 3 is 2.14 bits per heavy atom. The zero-order chi connectivity index (χ0) is 21.2. The average Bonchev–Trinajstić information content (AvgIpc) is 2.68. The van der Waals surface area contributed by atoms with Crippen LogP contribution < -0.4 is 5.48 Å². The van der Waals surface area contributed by atoms with E-state index in [4.69, 9.17) is 5.21 Å². The van der Waals surface area contributed by atoms with Crippen molar-refractivity contribution in [2.45, 2.75) is 51.6 Å². The van der Waals surface area contributed by atoms with Crippen molar-refractivity contribution in [2.75, 3.05) is 5.75 Å². The van der Waals surface area contributed by atoms with Crippen LogP contribution in [0.15, 0.2) is 48.5 Å². The summed E-state index contributed by atoms with van der Waals surface area (Å²) in [5, 5.41) is 8.95. The molecule has 0 aromatic heterocycles. The molecule has 0 radical (unpaired) electrons. The van der Waals surface area contributed by atoms with Crippen LogP contribution in [0.4, 0.5) is 0 Å². The maximum absolute atomic E-state index is 12.5. The second-order valence-electron chi connectivity index (χ2n) is 8.52. The molecule has 1 saturated heterocycles. The number of rotatable bonds is 4. The van der Waals surface area contributed by atoms with Crippen molar-refractivity contribution in [1.29, 1.82) is 0 Å². The smallest absolute Gasteiger partial charge is 0.261 e. The average molecular weight is 417 g/mol. The molecule has 156 valence electrons. The molecule has 0 bridgehead atoms. The molecular weight excluding hydrogens is 388 g/mol. The molecule has 7 heteroatoms. The van der Waals surface area contributed by atoms with Gasteiger partial charge in [-0.15, -0.1) is 0 Å². The molecule has 1 amide bonds. The van der Waals surface area contributed by atoms with Gasteiger partial charge in [0.15, 0.2) is 0 Å². The number of sulfonamides is 1. The predicted molar refractivity (Wildman–Crippen MR) is 113 cm³/mol. The van der Waals surface area contributed by atoms with Gasteiger partial charge in [0.2, 0.25) is 10.0 Å². The van der Waals surface area contributed by atoms with E-state index in [-0.39, 0.29) is 17.7 Å². The molecule has 2 aromatic rings. The lowest BCUT2D eigenvalue weighted by Gasteiger charge is -2.33. The SMILES string of the molecule is CC(C)(C)c1ccc(-c2ccc(CN3[C@H](C(=O)NO)CCCS3(=O)=O)cc2)cc1. The van der Waals surface area contributed by atoms with Crippen molar-refractivity contribution in [1.82, 2.24) is 9.79 Å². The van der Waals surface area contributed by atoms with Gasteiger partial charge >= 0.3 is 0 Å². The molecule has 1 aliphatic heterocycles. The number of hydrogen-bond donors (Lipinski definition) is 2. The lowest BCUT2D eigenvalue weighted by molar-refractivity contribution is -0.133. The van der Waals surface area contributed by atoms with Gasteiger partial charge in [-0.3, -0.25) is 10.0 Å². The van der Waals surface area contributed by atoms with E-state index in [1.165, 1.54) is 9.87 Å². The van der Waals surface area contributed by atoms with Crippen LogP contribution in [0.5, 0.6) is 0 Å². The molecule has 2 N–H and O–H groups in total. The highest BCUT2D eigenvalue weighted by molar-refractivity contribution is 7.89. The van der Waals surface area contributed by atoms with Gasteiger partial charge in [-0.25, -0.2) is 13.9 Å². The highest BCUT2D eigenvalue weighted by Crippen LogP contribution is 2.28. The number of carbonyl (C=O) groups excluding carboxylic acids is 1. The Bertz CT molecular complexity index is 961. The van der Waals surface area contributed by atoms with Gasteiger partial charge < -0.3 is 0 Å². The van der Waals surface area contributed by atoms with Crippen molar-refractivity contribution >= 4 is 15.9 Å². The highest BCUT2D eigenvalue weighted by atomic mass is 32.2. The fourth-order valence-electron chi connectivity index (χ4n) is 3.60. The van der Waals surface area contributed by atoms with Crippen molar-refractivity contribution in [2.24, 2.45) is 0 Å². The number of hydrogen-bond acceptors (Lipinski definition) is 4. The van der Waals surface area contributed by atoms with Crippen molar-refractivity contribution < 1.29 is 18.4 Å². The van der Waals surface area contributed by atoms with Crippen LogP contribution in [0.1, 0.15) is 44.7 Å². The molecule has 1 aliphatic rings. The highest BCUT2D eigenvalue weighted by Gasteiger charge is 2.38. The number of amides is 1. The zero-order valence-electron chi connectivity index (χ0n) is 17.1. The molecule has 0 spiro atoms. The van der Waals surface area contributed by atoms with Crippen LogP contribution in [0.3, 0.4) is 0 Å².